The standard InChI is InChI=1S/C15H24N4O/c1-12-10-19(8-7-18(12)2)11-14-5-3-13(4-6-14)9-15(20)17-16/h3-6,12H,7-11,16H2,1-2H3,(H,17,20). The van der Waals surface area contributed by atoms with Gasteiger partial charge in [-0.15, -0.1) is 0 Å². The topological polar surface area (TPSA) is 61.6 Å². The summed E-state index contributed by atoms with van der Waals surface area (Å²) in [6.45, 7) is 6.57. The molecule has 2 rings (SSSR count). The van der Waals surface area contributed by atoms with Crippen molar-refractivity contribution in [3.05, 3.63) is 35.4 Å². The quantitative estimate of drug-likeness (QED) is 0.473. The van der Waals surface area contributed by atoms with Crippen LogP contribution in [0.3, 0.4) is 0 Å². The average molecular weight is 276 g/mol. The summed E-state index contributed by atoms with van der Waals surface area (Å²) >= 11 is 0. The minimum Gasteiger partial charge on any atom is -0.301 e. The Bertz CT molecular complexity index is 446. The number of rotatable bonds is 4. The Balaban J connectivity index is 1.89. The first kappa shape index (κ1) is 15.0. The zero-order valence-corrected chi connectivity index (χ0v) is 12.3. The van der Waals surface area contributed by atoms with Gasteiger partial charge in [-0.3, -0.25) is 15.1 Å². The first-order valence-electron chi connectivity index (χ1n) is 7.08. The highest BCUT2D eigenvalue weighted by Crippen LogP contribution is 2.12. The fourth-order valence-electron chi connectivity index (χ4n) is 2.52. The first-order valence-corrected chi connectivity index (χ1v) is 7.08. The Morgan fingerprint density at radius 3 is 2.55 bits per heavy atom. The largest absolute Gasteiger partial charge is 0.301 e. The van der Waals surface area contributed by atoms with E-state index in [1.165, 1.54) is 5.56 Å². The molecular weight excluding hydrogens is 252 g/mol. The minimum atomic E-state index is -0.161. The van der Waals surface area contributed by atoms with Crippen molar-refractivity contribution in [1.29, 1.82) is 0 Å². The number of amides is 1. The van der Waals surface area contributed by atoms with Gasteiger partial charge in [0.05, 0.1) is 6.42 Å². The molecule has 0 aromatic heterocycles. The van der Waals surface area contributed by atoms with E-state index in [0.29, 0.717) is 12.5 Å². The zero-order chi connectivity index (χ0) is 14.5. The second-order valence-electron chi connectivity index (χ2n) is 5.63. The van der Waals surface area contributed by atoms with Crippen molar-refractivity contribution < 1.29 is 4.79 Å². The maximum absolute atomic E-state index is 11.2. The Morgan fingerprint density at radius 1 is 1.30 bits per heavy atom. The van der Waals surface area contributed by atoms with E-state index in [-0.39, 0.29) is 5.91 Å². The highest BCUT2D eigenvalue weighted by molar-refractivity contribution is 5.77. The molecule has 5 heteroatoms. The molecule has 1 fully saturated rings. The van der Waals surface area contributed by atoms with Crippen molar-refractivity contribution in [1.82, 2.24) is 15.2 Å². The van der Waals surface area contributed by atoms with E-state index >= 15 is 0 Å². The molecule has 110 valence electrons. The van der Waals surface area contributed by atoms with Crippen molar-refractivity contribution in [3.8, 4) is 0 Å². The van der Waals surface area contributed by atoms with Crippen molar-refractivity contribution in [3.63, 3.8) is 0 Å². The normalized spacial score (nSPS) is 20.9. The van der Waals surface area contributed by atoms with Crippen LogP contribution in [0, 0.1) is 0 Å². The van der Waals surface area contributed by atoms with Crippen LogP contribution in [0.5, 0.6) is 0 Å². The van der Waals surface area contributed by atoms with Crippen LogP contribution in [-0.4, -0.2) is 48.4 Å². The van der Waals surface area contributed by atoms with Crippen LogP contribution in [0.2, 0.25) is 0 Å². The van der Waals surface area contributed by atoms with E-state index in [4.69, 9.17) is 5.84 Å². The molecule has 0 aliphatic carbocycles. The molecule has 1 heterocycles. The summed E-state index contributed by atoms with van der Waals surface area (Å²) < 4.78 is 0. The first-order chi connectivity index (χ1) is 9.58. The molecule has 0 radical (unpaired) electrons. The summed E-state index contributed by atoms with van der Waals surface area (Å²) in [6.07, 6.45) is 0.336. The highest BCUT2D eigenvalue weighted by Gasteiger charge is 2.20. The number of nitrogens with one attached hydrogen (secondary N) is 1. The maximum atomic E-state index is 11.2. The minimum absolute atomic E-state index is 0.161. The molecule has 1 aromatic rings. The lowest BCUT2D eigenvalue weighted by atomic mass is 10.1. The van der Waals surface area contributed by atoms with Crippen molar-refractivity contribution in [2.45, 2.75) is 25.9 Å². The number of hydrazine groups is 1. The van der Waals surface area contributed by atoms with Crippen molar-refractivity contribution in [2.75, 3.05) is 26.7 Å². The van der Waals surface area contributed by atoms with Gasteiger partial charge in [0.25, 0.3) is 0 Å². The average Bonchev–Trinajstić information content (AvgIpc) is 2.45. The summed E-state index contributed by atoms with van der Waals surface area (Å²) in [7, 11) is 2.18. The number of hydrogen-bond acceptors (Lipinski definition) is 4. The molecule has 3 N–H and O–H groups in total. The number of carbonyl (C=O) groups excluding carboxylic acids is 1. The summed E-state index contributed by atoms with van der Waals surface area (Å²) in [5.41, 5.74) is 4.43. The molecule has 1 amide bonds. The van der Waals surface area contributed by atoms with Gasteiger partial charge in [0.15, 0.2) is 0 Å². The molecule has 1 aliphatic rings. The lowest BCUT2D eigenvalue weighted by molar-refractivity contribution is -0.120. The smallest absolute Gasteiger partial charge is 0.238 e. The molecule has 1 saturated heterocycles. The summed E-state index contributed by atoms with van der Waals surface area (Å²) in [5, 5.41) is 0. The van der Waals surface area contributed by atoms with Crippen molar-refractivity contribution >= 4 is 5.91 Å². The monoisotopic (exact) mass is 276 g/mol. The molecule has 1 aromatic carbocycles. The van der Waals surface area contributed by atoms with Gasteiger partial charge in [-0.2, -0.15) is 0 Å². The molecule has 0 spiro atoms. The van der Waals surface area contributed by atoms with Crippen LogP contribution in [0.4, 0.5) is 0 Å². The van der Waals surface area contributed by atoms with Crippen LogP contribution < -0.4 is 11.3 Å². The van der Waals surface area contributed by atoms with Gasteiger partial charge < -0.3 is 4.90 Å². The second-order valence-corrected chi connectivity index (χ2v) is 5.63. The second kappa shape index (κ2) is 6.83. The number of carbonyl (C=O) groups is 1. The zero-order valence-electron chi connectivity index (χ0n) is 12.3. The van der Waals surface area contributed by atoms with E-state index in [9.17, 15) is 4.79 Å². The molecular formula is C15H24N4O. The summed E-state index contributed by atoms with van der Waals surface area (Å²) in [6, 6.07) is 8.81. The number of piperazine rings is 1. The number of hydrogen-bond donors (Lipinski definition) is 2. The third-order valence-corrected chi connectivity index (χ3v) is 4.00. The highest BCUT2D eigenvalue weighted by atomic mass is 16.2. The van der Waals surface area contributed by atoms with Gasteiger partial charge in [-0.05, 0) is 25.1 Å². The predicted molar refractivity (Wildman–Crippen MR) is 79.8 cm³/mol. The fraction of sp³-hybridized carbons (Fsp3) is 0.533. The lowest BCUT2D eigenvalue weighted by Crippen LogP contribution is -2.49. The van der Waals surface area contributed by atoms with E-state index in [2.05, 4.69) is 41.3 Å². The number of benzene rings is 1. The third kappa shape index (κ3) is 4.03. The fourth-order valence-corrected chi connectivity index (χ4v) is 2.52. The van der Waals surface area contributed by atoms with Gasteiger partial charge in [0.1, 0.15) is 0 Å². The molecule has 1 aliphatic heterocycles. The Kier molecular flexibility index (Phi) is 5.11. The summed E-state index contributed by atoms with van der Waals surface area (Å²) in [5.74, 6) is 4.93. The van der Waals surface area contributed by atoms with Gasteiger partial charge in [0, 0.05) is 32.2 Å². The molecule has 1 atom stereocenters. The van der Waals surface area contributed by atoms with Gasteiger partial charge in [-0.1, -0.05) is 24.3 Å². The lowest BCUT2D eigenvalue weighted by Gasteiger charge is -2.37. The molecule has 0 saturated carbocycles. The van der Waals surface area contributed by atoms with Gasteiger partial charge in [-0.25, -0.2) is 5.84 Å². The molecule has 5 nitrogen and oxygen atoms in total. The Hall–Kier alpha value is -1.43. The maximum Gasteiger partial charge on any atom is 0.238 e. The predicted octanol–water partition coefficient (Wildman–Crippen LogP) is 0.355. The third-order valence-electron chi connectivity index (χ3n) is 4.00. The van der Waals surface area contributed by atoms with E-state index in [1.54, 1.807) is 0 Å². The van der Waals surface area contributed by atoms with Crippen LogP contribution >= 0.6 is 0 Å². The molecule has 1 unspecified atom stereocenters. The van der Waals surface area contributed by atoms with Crippen molar-refractivity contribution in [2.24, 2.45) is 5.84 Å². The van der Waals surface area contributed by atoms with Gasteiger partial charge in [0.2, 0.25) is 5.91 Å². The van der Waals surface area contributed by atoms with E-state index < -0.39 is 0 Å². The van der Waals surface area contributed by atoms with E-state index in [1.807, 2.05) is 12.1 Å². The Morgan fingerprint density at radius 2 is 1.95 bits per heavy atom. The van der Waals surface area contributed by atoms with Crippen LogP contribution in [0.1, 0.15) is 18.1 Å². The van der Waals surface area contributed by atoms with E-state index in [0.717, 1.165) is 31.7 Å². The number of likely N-dealkylation sites (N-methyl/N-ethyl adjacent to an activating group) is 1. The van der Waals surface area contributed by atoms with Gasteiger partial charge >= 0.3 is 0 Å². The van der Waals surface area contributed by atoms with Crippen LogP contribution in [0.25, 0.3) is 0 Å². The Labute approximate surface area is 120 Å². The summed E-state index contributed by atoms with van der Waals surface area (Å²) in [4.78, 5) is 16.1. The van der Waals surface area contributed by atoms with Crippen LogP contribution in [0.15, 0.2) is 24.3 Å². The number of nitrogens with two attached hydrogens (primary N) is 1. The SMILES string of the molecule is CC1CN(Cc2ccc(CC(=O)NN)cc2)CCN1C. The number of nitrogens with zero attached hydrogens (tertiary/aromatic N) is 2. The molecule has 0 bridgehead atoms. The van der Waals surface area contributed by atoms with Crippen LogP contribution in [-0.2, 0) is 17.8 Å². The molecule has 20 heavy (non-hydrogen) atoms.